The molecule has 3 rings (SSSR count). The van der Waals surface area contributed by atoms with Gasteiger partial charge in [0.25, 0.3) is 0 Å². The van der Waals surface area contributed by atoms with E-state index in [2.05, 4.69) is 16.5 Å². The van der Waals surface area contributed by atoms with Crippen LogP contribution in [0.3, 0.4) is 0 Å². The summed E-state index contributed by atoms with van der Waals surface area (Å²) in [5.74, 6) is 2.15. The van der Waals surface area contributed by atoms with Gasteiger partial charge in [0.05, 0.1) is 11.0 Å². The Morgan fingerprint density at radius 3 is 2.95 bits per heavy atom. The Labute approximate surface area is 117 Å². The van der Waals surface area contributed by atoms with Gasteiger partial charge < -0.3 is 4.57 Å². The van der Waals surface area contributed by atoms with Crippen LogP contribution in [0.4, 0.5) is 4.39 Å². The number of hydrogen-bond acceptors (Lipinski definition) is 1. The number of halogens is 2. The van der Waals surface area contributed by atoms with Crippen LogP contribution in [-0.4, -0.2) is 15.4 Å². The van der Waals surface area contributed by atoms with Crippen LogP contribution in [0.25, 0.3) is 11.0 Å². The molecule has 0 radical (unpaired) electrons. The molecule has 0 N–H and O–H groups in total. The quantitative estimate of drug-likeness (QED) is 0.746. The number of fused-ring (bicyclic) bond motifs is 1. The standard InChI is InChI=1S/C15H18ClFN2/c1-10(8-11-2-3-11)19-14-9-12(17)4-5-13(14)18-15(19)6-7-16/h4-5,9-11H,2-3,6-8H2,1H3. The highest BCUT2D eigenvalue weighted by molar-refractivity contribution is 6.17. The van der Waals surface area contributed by atoms with E-state index < -0.39 is 0 Å². The maximum atomic E-state index is 13.5. The van der Waals surface area contributed by atoms with Crippen molar-refractivity contribution in [3.8, 4) is 0 Å². The Morgan fingerprint density at radius 2 is 2.26 bits per heavy atom. The molecule has 1 saturated carbocycles. The number of nitrogens with zero attached hydrogens (tertiary/aromatic N) is 2. The van der Waals surface area contributed by atoms with Gasteiger partial charge in [-0.25, -0.2) is 9.37 Å². The summed E-state index contributed by atoms with van der Waals surface area (Å²) in [6.07, 6.45) is 4.54. The summed E-state index contributed by atoms with van der Waals surface area (Å²) in [5, 5.41) is 0. The van der Waals surface area contributed by atoms with Gasteiger partial charge in [-0.2, -0.15) is 0 Å². The minimum atomic E-state index is -0.204. The number of imidazole rings is 1. The molecule has 1 aliphatic rings. The van der Waals surface area contributed by atoms with Gasteiger partial charge >= 0.3 is 0 Å². The molecule has 1 aliphatic carbocycles. The van der Waals surface area contributed by atoms with Gasteiger partial charge in [-0.05, 0) is 37.5 Å². The second-order valence-electron chi connectivity index (χ2n) is 5.50. The summed E-state index contributed by atoms with van der Waals surface area (Å²) in [6.45, 7) is 2.20. The molecule has 1 fully saturated rings. The Morgan fingerprint density at radius 1 is 1.47 bits per heavy atom. The average molecular weight is 281 g/mol. The van der Waals surface area contributed by atoms with Crippen LogP contribution in [0.2, 0.25) is 0 Å². The number of benzene rings is 1. The van der Waals surface area contributed by atoms with Crippen LogP contribution < -0.4 is 0 Å². The monoisotopic (exact) mass is 280 g/mol. The Kier molecular flexibility index (Phi) is 3.48. The normalized spacial score (nSPS) is 17.0. The number of hydrogen-bond donors (Lipinski definition) is 0. The van der Waals surface area contributed by atoms with Crippen molar-refractivity contribution in [1.29, 1.82) is 0 Å². The zero-order valence-electron chi connectivity index (χ0n) is 11.1. The van der Waals surface area contributed by atoms with Crippen molar-refractivity contribution >= 4 is 22.6 Å². The van der Waals surface area contributed by atoms with Crippen LogP contribution in [0, 0.1) is 11.7 Å². The molecule has 0 amide bonds. The topological polar surface area (TPSA) is 17.8 Å². The van der Waals surface area contributed by atoms with E-state index in [0.717, 1.165) is 35.6 Å². The number of aryl methyl sites for hydroxylation is 1. The third-order valence-corrected chi connectivity index (χ3v) is 4.04. The van der Waals surface area contributed by atoms with Crippen molar-refractivity contribution in [1.82, 2.24) is 9.55 Å². The first-order valence-corrected chi connectivity index (χ1v) is 7.45. The fraction of sp³-hybridized carbons (Fsp3) is 0.533. The summed E-state index contributed by atoms with van der Waals surface area (Å²) in [4.78, 5) is 4.60. The summed E-state index contributed by atoms with van der Waals surface area (Å²) >= 11 is 5.86. The second kappa shape index (κ2) is 5.12. The van der Waals surface area contributed by atoms with E-state index in [0.29, 0.717) is 11.9 Å². The molecule has 19 heavy (non-hydrogen) atoms. The maximum absolute atomic E-state index is 13.5. The molecular formula is C15H18ClFN2. The fourth-order valence-corrected chi connectivity index (χ4v) is 2.98. The lowest BCUT2D eigenvalue weighted by molar-refractivity contribution is 0.473. The molecule has 0 bridgehead atoms. The minimum absolute atomic E-state index is 0.204. The summed E-state index contributed by atoms with van der Waals surface area (Å²) in [5.41, 5.74) is 1.76. The van der Waals surface area contributed by atoms with Gasteiger partial charge in [-0.3, -0.25) is 0 Å². The molecule has 1 heterocycles. The lowest BCUT2D eigenvalue weighted by Gasteiger charge is -2.17. The molecule has 102 valence electrons. The third-order valence-electron chi connectivity index (χ3n) is 3.85. The summed E-state index contributed by atoms with van der Waals surface area (Å²) in [7, 11) is 0. The fourth-order valence-electron chi connectivity index (χ4n) is 2.81. The van der Waals surface area contributed by atoms with Gasteiger partial charge in [-0.15, -0.1) is 11.6 Å². The highest BCUT2D eigenvalue weighted by Crippen LogP contribution is 2.38. The van der Waals surface area contributed by atoms with E-state index in [1.807, 2.05) is 0 Å². The molecular weight excluding hydrogens is 263 g/mol. The van der Waals surface area contributed by atoms with Crippen LogP contribution in [0.1, 0.15) is 38.1 Å². The van der Waals surface area contributed by atoms with Crippen molar-refractivity contribution in [2.24, 2.45) is 5.92 Å². The van der Waals surface area contributed by atoms with Gasteiger partial charge in [0, 0.05) is 18.3 Å². The third kappa shape index (κ3) is 2.62. The molecule has 1 aromatic carbocycles. The first-order valence-electron chi connectivity index (χ1n) is 6.91. The predicted molar refractivity (Wildman–Crippen MR) is 76.2 cm³/mol. The summed E-state index contributed by atoms with van der Waals surface area (Å²) in [6, 6.07) is 5.17. The lowest BCUT2D eigenvalue weighted by atomic mass is 10.1. The average Bonchev–Trinajstić information content (AvgIpc) is 3.10. The van der Waals surface area contributed by atoms with Crippen molar-refractivity contribution in [2.45, 2.75) is 38.6 Å². The number of alkyl halides is 1. The first-order chi connectivity index (χ1) is 9.19. The molecule has 1 unspecified atom stereocenters. The Hall–Kier alpha value is -1.09. The second-order valence-corrected chi connectivity index (χ2v) is 5.88. The van der Waals surface area contributed by atoms with Gasteiger partial charge in [0.15, 0.2) is 0 Å². The zero-order chi connectivity index (χ0) is 13.4. The SMILES string of the molecule is CC(CC1CC1)n1c(CCCl)nc2ccc(F)cc21. The Balaban J connectivity index is 2.05. The largest absolute Gasteiger partial charge is 0.325 e. The van der Waals surface area contributed by atoms with Crippen LogP contribution in [0.15, 0.2) is 18.2 Å². The van der Waals surface area contributed by atoms with E-state index in [1.54, 1.807) is 12.1 Å². The number of rotatable bonds is 5. The van der Waals surface area contributed by atoms with E-state index in [-0.39, 0.29) is 5.82 Å². The van der Waals surface area contributed by atoms with E-state index >= 15 is 0 Å². The summed E-state index contributed by atoms with van der Waals surface area (Å²) < 4.78 is 15.7. The molecule has 2 aromatic rings. The van der Waals surface area contributed by atoms with Crippen LogP contribution in [-0.2, 0) is 6.42 Å². The van der Waals surface area contributed by atoms with Crippen LogP contribution >= 0.6 is 11.6 Å². The van der Waals surface area contributed by atoms with Crippen molar-refractivity contribution in [3.05, 3.63) is 29.8 Å². The van der Waals surface area contributed by atoms with E-state index in [9.17, 15) is 4.39 Å². The van der Waals surface area contributed by atoms with Crippen molar-refractivity contribution < 1.29 is 4.39 Å². The lowest BCUT2D eigenvalue weighted by Crippen LogP contribution is -2.10. The van der Waals surface area contributed by atoms with Crippen molar-refractivity contribution in [2.75, 3.05) is 5.88 Å². The molecule has 0 saturated heterocycles. The van der Waals surface area contributed by atoms with Crippen molar-refractivity contribution in [3.63, 3.8) is 0 Å². The highest BCUT2D eigenvalue weighted by Gasteiger charge is 2.26. The Bertz CT molecular complexity index is 589. The minimum Gasteiger partial charge on any atom is -0.325 e. The van der Waals surface area contributed by atoms with E-state index in [4.69, 9.17) is 11.6 Å². The van der Waals surface area contributed by atoms with Gasteiger partial charge in [0.2, 0.25) is 0 Å². The molecule has 4 heteroatoms. The first kappa shape index (κ1) is 12.9. The highest BCUT2D eigenvalue weighted by atomic mass is 35.5. The molecule has 1 aromatic heterocycles. The molecule has 1 atom stereocenters. The van der Waals surface area contributed by atoms with Gasteiger partial charge in [-0.1, -0.05) is 12.8 Å². The zero-order valence-corrected chi connectivity index (χ0v) is 11.8. The predicted octanol–water partition coefficient (Wildman–Crippen LogP) is 4.32. The number of aromatic nitrogens is 2. The van der Waals surface area contributed by atoms with Crippen LogP contribution in [0.5, 0.6) is 0 Å². The smallest absolute Gasteiger partial charge is 0.125 e. The molecule has 0 spiro atoms. The molecule has 2 nitrogen and oxygen atoms in total. The van der Waals surface area contributed by atoms with Gasteiger partial charge in [0.1, 0.15) is 11.6 Å². The maximum Gasteiger partial charge on any atom is 0.125 e. The molecule has 0 aliphatic heterocycles. The van der Waals surface area contributed by atoms with E-state index in [1.165, 1.54) is 18.9 Å².